The molecule has 35 heavy (non-hydrogen) atoms. The van der Waals surface area contributed by atoms with Crippen LogP contribution in [0, 0.1) is 13.8 Å². The lowest BCUT2D eigenvalue weighted by Crippen LogP contribution is -2.03. The van der Waals surface area contributed by atoms with Crippen LogP contribution >= 0.6 is 34.4 Å². The third-order valence-electron chi connectivity index (χ3n) is 5.86. The van der Waals surface area contributed by atoms with Crippen LogP contribution in [0.25, 0.3) is 42.5 Å². The fraction of sp³-hybridized carbons (Fsp3) is 0.130. The van der Waals surface area contributed by atoms with Crippen LogP contribution in [0.2, 0.25) is 0 Å². The van der Waals surface area contributed by atoms with Crippen LogP contribution in [0.15, 0.2) is 36.4 Å². The van der Waals surface area contributed by atoms with Gasteiger partial charge in [-0.3, -0.25) is 0 Å². The summed E-state index contributed by atoms with van der Waals surface area (Å²) in [5, 5.41) is 0. The molecule has 0 N–H and O–H groups in total. The Morgan fingerprint density at radius 3 is 2.00 bits per heavy atom. The number of benzene rings is 1. The molecule has 0 aliphatic heterocycles. The summed E-state index contributed by atoms with van der Waals surface area (Å²) in [5.41, 5.74) is 5.82. The van der Waals surface area contributed by atoms with Gasteiger partial charge in [0.15, 0.2) is 0 Å². The molecule has 0 unspecified atom stereocenters. The maximum absolute atomic E-state index is 12.5. The van der Waals surface area contributed by atoms with Gasteiger partial charge in [-0.1, -0.05) is 12.1 Å². The van der Waals surface area contributed by atoms with Crippen LogP contribution in [-0.2, 0) is 16.4 Å². The highest BCUT2D eigenvalue weighted by atomic mass is 32.1. The minimum absolute atomic E-state index is 0.382. The first-order chi connectivity index (χ1) is 16.8. The van der Waals surface area contributed by atoms with Crippen molar-refractivity contribution in [3.8, 4) is 31.5 Å². The van der Waals surface area contributed by atoms with E-state index in [9.17, 15) is 9.59 Å². The van der Waals surface area contributed by atoms with E-state index in [0.29, 0.717) is 22.2 Å². The Hall–Kier alpha value is -3.21. The van der Waals surface area contributed by atoms with Gasteiger partial charge in [-0.15, -0.1) is 22.7 Å². The molecule has 4 heterocycles. The first-order valence-electron chi connectivity index (χ1n) is 10.3. The second-order valence-electron chi connectivity index (χ2n) is 7.79. The molecule has 4 radical (unpaired) electrons. The molecule has 0 spiro atoms. The Labute approximate surface area is 215 Å². The summed E-state index contributed by atoms with van der Waals surface area (Å²) < 4.78 is 20.1. The van der Waals surface area contributed by atoms with Crippen molar-refractivity contribution < 1.29 is 18.9 Å². The van der Waals surface area contributed by atoms with Gasteiger partial charge in [0.25, 0.3) is 0 Å². The molecular weight excluding hydrogens is 500 g/mol. The van der Waals surface area contributed by atoms with Crippen molar-refractivity contribution in [2.75, 3.05) is 0 Å². The van der Waals surface area contributed by atoms with E-state index in [1.165, 1.54) is 22.7 Å². The van der Waals surface area contributed by atoms with Crippen molar-refractivity contribution in [1.29, 1.82) is 0 Å². The highest BCUT2D eigenvalue weighted by Gasteiger charge is 2.24. The molecule has 0 saturated heterocycles. The van der Waals surface area contributed by atoms with E-state index in [0.717, 1.165) is 53.8 Å². The second kappa shape index (κ2) is 9.10. The van der Waals surface area contributed by atoms with Gasteiger partial charge >= 0.3 is 28.0 Å². The summed E-state index contributed by atoms with van der Waals surface area (Å²) in [7, 11) is 12.2. The van der Waals surface area contributed by atoms with Gasteiger partial charge in [0, 0.05) is 38.5 Å². The Morgan fingerprint density at radius 2 is 1.43 bits per heavy atom. The summed E-state index contributed by atoms with van der Waals surface area (Å²) in [6, 6.07) is 11.4. The third kappa shape index (κ3) is 3.91. The molecule has 0 bridgehead atoms. The van der Waals surface area contributed by atoms with Crippen LogP contribution < -0.4 is 0 Å². The maximum atomic E-state index is 12.5. The number of fused-ring (bicyclic) bond motifs is 1. The van der Waals surface area contributed by atoms with Crippen LogP contribution in [0.1, 0.15) is 31.3 Å². The predicted molar refractivity (Wildman–Crippen MR) is 140 cm³/mol. The lowest BCUT2D eigenvalue weighted by Gasteiger charge is -2.05. The lowest BCUT2D eigenvalue weighted by atomic mass is 10.0. The summed E-state index contributed by atoms with van der Waals surface area (Å²) in [5.74, 6) is -1.20. The van der Waals surface area contributed by atoms with E-state index in [2.05, 4.69) is 18.1 Å². The van der Waals surface area contributed by atoms with Gasteiger partial charge < -0.3 is 13.9 Å². The molecule has 1 aromatic carbocycles. The van der Waals surface area contributed by atoms with E-state index in [1.807, 2.05) is 49.7 Å². The Balaban J connectivity index is 1.66. The summed E-state index contributed by atoms with van der Waals surface area (Å²) >= 11 is 4.01. The molecule has 170 valence electrons. The van der Waals surface area contributed by atoms with E-state index < -0.39 is 11.9 Å². The van der Waals surface area contributed by atoms with Crippen LogP contribution in [0.3, 0.4) is 0 Å². The van der Waals surface area contributed by atoms with Crippen LogP contribution in [-0.4, -0.2) is 41.4 Å². The van der Waals surface area contributed by atoms with Gasteiger partial charge in [0.2, 0.25) is 0 Å². The molecule has 5 rings (SSSR count). The van der Waals surface area contributed by atoms with Gasteiger partial charge in [0.05, 0.1) is 33.4 Å². The fourth-order valence-corrected chi connectivity index (χ4v) is 6.76. The quantitative estimate of drug-likeness (QED) is 0.298. The van der Waals surface area contributed by atoms with Crippen molar-refractivity contribution in [3.05, 3.63) is 58.1 Å². The van der Waals surface area contributed by atoms with Gasteiger partial charge in [-0.05, 0) is 38.1 Å². The molecule has 0 saturated carbocycles. The van der Waals surface area contributed by atoms with Crippen molar-refractivity contribution in [3.63, 3.8) is 0 Å². The first-order valence-corrected chi connectivity index (χ1v) is 12.7. The number of thiophene rings is 2. The molecule has 0 fully saturated rings. The lowest BCUT2D eigenvalue weighted by molar-refractivity contribution is 0.0740. The van der Waals surface area contributed by atoms with E-state index in [-0.39, 0.29) is 0 Å². The normalized spacial score (nSPS) is 11.2. The molecule has 0 atom stereocenters. The molecule has 0 aliphatic rings. The summed E-state index contributed by atoms with van der Waals surface area (Å²) in [4.78, 5) is 27.7. The smallest absolute Gasteiger partial charge is 0.378 e. The molecular formula is C23H15B2N3O4S3. The highest BCUT2D eigenvalue weighted by Crippen LogP contribution is 2.43. The largest absolute Gasteiger partial charge is 0.540 e. The first kappa shape index (κ1) is 23.5. The number of aromatic nitrogens is 3. The summed E-state index contributed by atoms with van der Waals surface area (Å²) in [6.07, 6.45) is 0. The topological polar surface area (TPSA) is 83.3 Å². The number of carbonyl (C=O) groups is 2. The van der Waals surface area contributed by atoms with Crippen LogP contribution in [0.4, 0.5) is 0 Å². The van der Waals surface area contributed by atoms with Crippen molar-refractivity contribution in [2.45, 2.75) is 13.8 Å². The Kier molecular flexibility index (Phi) is 6.12. The number of hydrogen-bond acceptors (Lipinski definition) is 9. The highest BCUT2D eigenvalue weighted by molar-refractivity contribution is 7.19. The molecule has 4 aromatic heterocycles. The second-order valence-corrected chi connectivity index (χ2v) is 10.6. The number of aryl methyl sites for hydroxylation is 2. The van der Waals surface area contributed by atoms with Crippen molar-refractivity contribution >= 4 is 73.5 Å². The maximum Gasteiger partial charge on any atom is 0.378 e. The number of nitrogens with zero attached hydrogens (tertiary/aromatic N) is 3. The monoisotopic (exact) mass is 515 g/mol. The number of hydrogen-bond donors (Lipinski definition) is 0. The van der Waals surface area contributed by atoms with Gasteiger partial charge in [-0.2, -0.15) is 8.75 Å². The van der Waals surface area contributed by atoms with Gasteiger partial charge in [-0.25, -0.2) is 9.59 Å². The molecule has 7 nitrogen and oxygen atoms in total. The molecule has 0 aliphatic carbocycles. The standard InChI is InChI=1S/C23H15B2N3O4S3/c1-10-4-7-16(28(10)3)21-15(23(30)32-25)9-18(34-21)13-6-5-12(19-20(13)27-35-26-19)17-8-14(11(2)33-17)22(29)31-24/h4-9H,1-3H3. The fourth-order valence-electron chi connectivity index (χ4n) is 3.92. The van der Waals surface area contributed by atoms with E-state index in [4.69, 9.17) is 16.1 Å². The average Bonchev–Trinajstić information content (AvgIpc) is 3.64. The zero-order chi connectivity index (χ0) is 24.9. The number of rotatable bonds is 5. The van der Waals surface area contributed by atoms with Crippen molar-refractivity contribution in [2.24, 2.45) is 7.05 Å². The van der Waals surface area contributed by atoms with Crippen molar-refractivity contribution in [1.82, 2.24) is 13.3 Å². The number of carbonyl (C=O) groups excluding carboxylic acids is 2. The van der Waals surface area contributed by atoms with Crippen LogP contribution in [0.5, 0.6) is 0 Å². The minimum atomic E-state index is -0.612. The van der Waals surface area contributed by atoms with Gasteiger partial charge in [0.1, 0.15) is 11.0 Å². The molecule has 12 heteroatoms. The minimum Gasteiger partial charge on any atom is -0.540 e. The third-order valence-corrected chi connectivity index (χ3v) is 8.66. The summed E-state index contributed by atoms with van der Waals surface area (Å²) in [6.45, 7) is 3.83. The van der Waals surface area contributed by atoms with E-state index in [1.54, 1.807) is 12.1 Å². The predicted octanol–water partition coefficient (Wildman–Crippen LogP) is 5.25. The Bertz CT molecular complexity index is 1620. The average molecular weight is 515 g/mol. The molecule has 5 aromatic rings. The molecule has 0 amide bonds. The van der Waals surface area contributed by atoms with E-state index >= 15 is 0 Å². The Morgan fingerprint density at radius 1 is 0.857 bits per heavy atom. The zero-order valence-corrected chi connectivity index (χ0v) is 21.3. The zero-order valence-electron chi connectivity index (χ0n) is 18.8. The SMILES string of the molecule is [B]OC(=O)c1cc(-c2ccc(-c3cc(C(=O)O[B])c(-c4ccc(C)n4C)s3)c3nsnc23)sc1C.